The summed E-state index contributed by atoms with van der Waals surface area (Å²) in [6, 6.07) is 9.35. The van der Waals surface area contributed by atoms with Gasteiger partial charge in [-0.25, -0.2) is 4.98 Å². The van der Waals surface area contributed by atoms with E-state index in [1.54, 1.807) is 23.5 Å². The Bertz CT molecular complexity index is 1100. The van der Waals surface area contributed by atoms with E-state index in [-0.39, 0.29) is 0 Å². The topological polar surface area (TPSA) is 71.3 Å². The molecule has 1 atom stereocenters. The molecule has 7 heteroatoms. The normalized spacial score (nSPS) is 19.4. The van der Waals surface area contributed by atoms with Crippen LogP contribution in [0, 0.1) is 17.2 Å². The number of ether oxygens (including phenoxy) is 2. The summed E-state index contributed by atoms with van der Waals surface area (Å²) in [5.41, 5.74) is 1.97. The summed E-state index contributed by atoms with van der Waals surface area (Å²) in [6.07, 6.45) is 3.34. The van der Waals surface area contributed by atoms with Gasteiger partial charge in [0.2, 0.25) is 5.88 Å². The molecule has 1 fully saturated rings. The first-order valence-electron chi connectivity index (χ1n) is 10.5. The maximum Gasteiger partial charge on any atom is 0.231 e. The Balaban J connectivity index is 1.54. The number of nitrogens with zero attached hydrogens (tertiary/aromatic N) is 4. The van der Waals surface area contributed by atoms with E-state index in [9.17, 15) is 0 Å². The molecule has 0 radical (unpaired) electrons. The third-order valence-electron chi connectivity index (χ3n) is 5.83. The number of benzene rings is 1. The molecular formula is C23H24N4O2S. The Kier molecular flexibility index (Phi) is 5.38. The van der Waals surface area contributed by atoms with E-state index in [1.807, 2.05) is 12.1 Å². The number of aromatic nitrogens is 2. The van der Waals surface area contributed by atoms with Crippen molar-refractivity contribution in [1.82, 2.24) is 14.9 Å². The monoisotopic (exact) mass is 420 g/mol. The van der Waals surface area contributed by atoms with Crippen molar-refractivity contribution in [2.24, 2.45) is 5.92 Å². The molecule has 2 aromatic heterocycles. The lowest BCUT2D eigenvalue weighted by Gasteiger charge is -2.25. The lowest BCUT2D eigenvalue weighted by Crippen LogP contribution is -2.36. The van der Waals surface area contributed by atoms with Crippen molar-refractivity contribution in [3.05, 3.63) is 46.1 Å². The molecule has 6 nitrogen and oxygen atoms in total. The molecule has 30 heavy (non-hydrogen) atoms. The van der Waals surface area contributed by atoms with Gasteiger partial charge >= 0.3 is 0 Å². The average Bonchev–Trinajstić information content (AvgIpc) is 3.12. The van der Waals surface area contributed by atoms with Gasteiger partial charge in [-0.2, -0.15) is 10.2 Å². The largest absolute Gasteiger partial charge is 0.438 e. The maximum absolute atomic E-state index is 9.05. The summed E-state index contributed by atoms with van der Waals surface area (Å²) in [5, 5.41) is 10.1. The Morgan fingerprint density at radius 2 is 2.03 bits per heavy atom. The molecule has 1 aliphatic heterocycles. The van der Waals surface area contributed by atoms with E-state index in [4.69, 9.17) is 24.7 Å². The SMILES string of the molecule is C[C@H]1CCc2c(sc3nc(CN4CCOCC4)nc(Oc4ccc(C#N)cc4)c23)C1. The van der Waals surface area contributed by atoms with E-state index < -0.39 is 0 Å². The van der Waals surface area contributed by atoms with Gasteiger partial charge in [-0.05, 0) is 55.0 Å². The molecule has 0 unspecified atom stereocenters. The van der Waals surface area contributed by atoms with Gasteiger partial charge < -0.3 is 9.47 Å². The predicted octanol–water partition coefficient (Wildman–Crippen LogP) is 4.31. The predicted molar refractivity (Wildman–Crippen MR) is 116 cm³/mol. The average molecular weight is 421 g/mol. The van der Waals surface area contributed by atoms with Gasteiger partial charge in [0.25, 0.3) is 0 Å². The third-order valence-corrected chi connectivity index (χ3v) is 6.98. The molecule has 0 saturated carbocycles. The number of nitriles is 1. The van der Waals surface area contributed by atoms with Crippen LogP contribution in [0.3, 0.4) is 0 Å². The number of thiophene rings is 1. The highest BCUT2D eigenvalue weighted by atomic mass is 32.1. The van der Waals surface area contributed by atoms with E-state index in [2.05, 4.69) is 17.9 Å². The first-order chi connectivity index (χ1) is 14.7. The van der Waals surface area contributed by atoms with Crippen molar-refractivity contribution in [3.63, 3.8) is 0 Å². The van der Waals surface area contributed by atoms with Crippen LogP contribution >= 0.6 is 11.3 Å². The van der Waals surface area contributed by atoms with Gasteiger partial charge in [-0.1, -0.05) is 6.92 Å². The smallest absolute Gasteiger partial charge is 0.231 e. The second-order valence-electron chi connectivity index (χ2n) is 8.10. The summed E-state index contributed by atoms with van der Waals surface area (Å²) in [7, 11) is 0. The van der Waals surface area contributed by atoms with E-state index in [0.717, 1.165) is 55.2 Å². The minimum absolute atomic E-state index is 0.616. The van der Waals surface area contributed by atoms with Gasteiger partial charge in [-0.3, -0.25) is 4.90 Å². The molecule has 2 aliphatic rings. The highest BCUT2D eigenvalue weighted by molar-refractivity contribution is 7.18. The van der Waals surface area contributed by atoms with E-state index in [0.29, 0.717) is 29.7 Å². The van der Waals surface area contributed by atoms with Crippen LogP contribution in [0.25, 0.3) is 10.2 Å². The van der Waals surface area contributed by atoms with Crippen molar-refractivity contribution in [2.45, 2.75) is 32.7 Å². The van der Waals surface area contributed by atoms with Crippen LogP contribution in [0.2, 0.25) is 0 Å². The Morgan fingerprint density at radius 1 is 1.23 bits per heavy atom. The molecule has 1 aliphatic carbocycles. The van der Waals surface area contributed by atoms with Gasteiger partial charge in [-0.15, -0.1) is 11.3 Å². The van der Waals surface area contributed by atoms with Crippen LogP contribution in [0.4, 0.5) is 0 Å². The number of hydrogen-bond acceptors (Lipinski definition) is 7. The molecule has 154 valence electrons. The molecule has 1 aromatic carbocycles. The van der Waals surface area contributed by atoms with Crippen molar-refractivity contribution < 1.29 is 9.47 Å². The zero-order chi connectivity index (χ0) is 20.5. The summed E-state index contributed by atoms with van der Waals surface area (Å²) in [5.74, 6) is 2.82. The molecule has 1 saturated heterocycles. The highest BCUT2D eigenvalue weighted by Gasteiger charge is 2.25. The van der Waals surface area contributed by atoms with E-state index >= 15 is 0 Å². The van der Waals surface area contributed by atoms with Crippen LogP contribution in [0.15, 0.2) is 24.3 Å². The first-order valence-corrected chi connectivity index (χ1v) is 11.3. The minimum atomic E-state index is 0.616. The summed E-state index contributed by atoms with van der Waals surface area (Å²) in [6.45, 7) is 6.31. The fourth-order valence-electron chi connectivity index (χ4n) is 4.16. The van der Waals surface area contributed by atoms with Crippen molar-refractivity contribution >= 4 is 21.6 Å². The number of fused-ring (bicyclic) bond motifs is 3. The molecule has 3 heterocycles. The quantitative estimate of drug-likeness (QED) is 0.626. The zero-order valence-electron chi connectivity index (χ0n) is 17.1. The first kappa shape index (κ1) is 19.4. The zero-order valence-corrected chi connectivity index (χ0v) is 17.9. The highest BCUT2D eigenvalue weighted by Crippen LogP contribution is 2.42. The standard InChI is InChI=1S/C23H24N4O2S/c1-15-2-7-18-19(12-15)30-23-21(18)22(29-17-5-3-16(13-24)4-6-17)25-20(26-23)14-27-8-10-28-11-9-27/h3-6,15H,2,7-12,14H2,1H3/t15-/m0/s1. The molecule has 3 aromatic rings. The van der Waals surface area contributed by atoms with Crippen LogP contribution in [-0.4, -0.2) is 41.2 Å². The Morgan fingerprint density at radius 3 is 2.80 bits per heavy atom. The van der Waals surface area contributed by atoms with Gasteiger partial charge in [0.15, 0.2) is 0 Å². The minimum Gasteiger partial charge on any atom is -0.438 e. The summed E-state index contributed by atoms with van der Waals surface area (Å²) < 4.78 is 11.7. The van der Waals surface area contributed by atoms with E-state index in [1.165, 1.54) is 16.9 Å². The van der Waals surface area contributed by atoms with Crippen LogP contribution in [-0.2, 0) is 24.1 Å². The summed E-state index contributed by atoms with van der Waals surface area (Å²) in [4.78, 5) is 14.6. The van der Waals surface area contributed by atoms with Crippen LogP contribution in [0.5, 0.6) is 11.6 Å². The third kappa shape index (κ3) is 3.91. The van der Waals surface area contributed by atoms with Crippen molar-refractivity contribution in [1.29, 1.82) is 5.26 Å². The Labute approximate surface area is 180 Å². The number of rotatable bonds is 4. The fourth-order valence-corrected chi connectivity index (χ4v) is 5.56. The lowest BCUT2D eigenvalue weighted by molar-refractivity contribution is 0.0330. The van der Waals surface area contributed by atoms with Gasteiger partial charge in [0.1, 0.15) is 16.4 Å². The number of hydrogen-bond donors (Lipinski definition) is 0. The number of morpholine rings is 1. The molecule has 0 bridgehead atoms. The number of aryl methyl sites for hydroxylation is 1. The molecular weight excluding hydrogens is 396 g/mol. The molecule has 5 rings (SSSR count). The lowest BCUT2D eigenvalue weighted by atomic mass is 9.89. The molecule has 0 N–H and O–H groups in total. The maximum atomic E-state index is 9.05. The van der Waals surface area contributed by atoms with Crippen LogP contribution < -0.4 is 4.74 Å². The fraction of sp³-hybridized carbons (Fsp3) is 0.435. The molecule has 0 amide bonds. The van der Waals surface area contributed by atoms with Crippen LogP contribution in [0.1, 0.15) is 35.2 Å². The Hall–Kier alpha value is -2.53. The summed E-state index contributed by atoms with van der Waals surface area (Å²) >= 11 is 1.79. The van der Waals surface area contributed by atoms with Gasteiger partial charge in [0, 0.05) is 18.0 Å². The van der Waals surface area contributed by atoms with Gasteiger partial charge in [0.05, 0.1) is 36.8 Å². The second-order valence-corrected chi connectivity index (χ2v) is 9.19. The second kappa shape index (κ2) is 8.31. The van der Waals surface area contributed by atoms with Crippen molar-refractivity contribution in [2.75, 3.05) is 26.3 Å². The molecule has 0 spiro atoms. The van der Waals surface area contributed by atoms with Crippen molar-refractivity contribution in [3.8, 4) is 17.7 Å².